The van der Waals surface area contributed by atoms with Crippen molar-refractivity contribution in [1.82, 2.24) is 0 Å². The molecule has 0 saturated carbocycles. The third kappa shape index (κ3) is 2.57. The summed E-state index contributed by atoms with van der Waals surface area (Å²) in [6.07, 6.45) is -1.21. The quantitative estimate of drug-likeness (QED) is 0.832. The Morgan fingerprint density at radius 2 is 1.39 bits per heavy atom. The SMILES string of the molecule is OC(c1ccc(Br)cc1)c1cc(F)c(F)c(F)c1. The average molecular weight is 317 g/mol. The standard InChI is InChI=1S/C13H8BrF3O/c14-9-3-1-7(2-4-9)13(18)8-5-10(15)12(17)11(16)6-8/h1-6,13,18H. The second-order valence-corrected chi connectivity index (χ2v) is 4.67. The number of hydrogen-bond donors (Lipinski definition) is 1. The molecule has 2 aromatic rings. The van der Waals surface area contributed by atoms with Gasteiger partial charge in [-0.2, -0.15) is 0 Å². The molecular formula is C13H8BrF3O. The largest absolute Gasteiger partial charge is 0.384 e. The molecule has 1 nitrogen and oxygen atoms in total. The Balaban J connectivity index is 2.39. The molecule has 1 unspecified atom stereocenters. The van der Waals surface area contributed by atoms with E-state index in [1.54, 1.807) is 24.3 Å². The molecule has 0 aliphatic rings. The van der Waals surface area contributed by atoms with E-state index in [-0.39, 0.29) is 5.56 Å². The first-order chi connectivity index (χ1) is 8.49. The zero-order valence-corrected chi connectivity index (χ0v) is 10.6. The van der Waals surface area contributed by atoms with Crippen LogP contribution in [-0.2, 0) is 0 Å². The third-order valence-corrected chi connectivity index (χ3v) is 3.04. The number of rotatable bonds is 2. The Bertz CT molecular complexity index is 546. The van der Waals surface area contributed by atoms with Crippen LogP contribution >= 0.6 is 15.9 Å². The molecule has 94 valence electrons. The van der Waals surface area contributed by atoms with Crippen LogP contribution in [0.2, 0.25) is 0 Å². The highest BCUT2D eigenvalue weighted by Gasteiger charge is 2.16. The van der Waals surface area contributed by atoms with Crippen molar-refractivity contribution in [3.63, 3.8) is 0 Å². The summed E-state index contributed by atoms with van der Waals surface area (Å²) in [5.41, 5.74) is 0.428. The zero-order chi connectivity index (χ0) is 13.3. The Kier molecular flexibility index (Phi) is 3.73. The molecule has 18 heavy (non-hydrogen) atoms. The highest BCUT2D eigenvalue weighted by molar-refractivity contribution is 9.10. The summed E-state index contributed by atoms with van der Waals surface area (Å²) in [6.45, 7) is 0. The molecule has 0 radical (unpaired) electrons. The van der Waals surface area contributed by atoms with Crippen molar-refractivity contribution < 1.29 is 18.3 Å². The van der Waals surface area contributed by atoms with Crippen LogP contribution in [0, 0.1) is 17.5 Å². The first-order valence-electron chi connectivity index (χ1n) is 5.07. The Morgan fingerprint density at radius 1 is 0.889 bits per heavy atom. The maximum absolute atomic E-state index is 13.0. The summed E-state index contributed by atoms with van der Waals surface area (Å²) in [4.78, 5) is 0. The van der Waals surface area contributed by atoms with Crippen LogP contribution in [0.5, 0.6) is 0 Å². The fourth-order valence-electron chi connectivity index (χ4n) is 1.57. The second-order valence-electron chi connectivity index (χ2n) is 3.75. The van der Waals surface area contributed by atoms with Crippen molar-refractivity contribution in [3.05, 3.63) is 69.4 Å². The summed E-state index contributed by atoms with van der Waals surface area (Å²) in [7, 11) is 0. The van der Waals surface area contributed by atoms with Gasteiger partial charge in [-0.15, -0.1) is 0 Å². The van der Waals surface area contributed by atoms with Crippen molar-refractivity contribution in [3.8, 4) is 0 Å². The maximum Gasteiger partial charge on any atom is 0.194 e. The van der Waals surface area contributed by atoms with Gasteiger partial charge in [-0.05, 0) is 35.4 Å². The average Bonchev–Trinajstić information content (AvgIpc) is 2.35. The van der Waals surface area contributed by atoms with E-state index in [1.165, 1.54) is 0 Å². The molecule has 0 heterocycles. The molecule has 0 aromatic heterocycles. The zero-order valence-electron chi connectivity index (χ0n) is 9.00. The highest BCUT2D eigenvalue weighted by Crippen LogP contribution is 2.25. The normalized spacial score (nSPS) is 12.5. The van der Waals surface area contributed by atoms with E-state index in [1.807, 2.05) is 0 Å². The third-order valence-electron chi connectivity index (χ3n) is 2.51. The summed E-state index contributed by atoms with van der Waals surface area (Å²) in [5, 5.41) is 9.95. The first-order valence-corrected chi connectivity index (χ1v) is 5.86. The number of halogens is 4. The Labute approximate surface area is 110 Å². The van der Waals surface area contributed by atoms with Gasteiger partial charge in [-0.3, -0.25) is 0 Å². The van der Waals surface area contributed by atoms with E-state index in [0.29, 0.717) is 5.56 Å². The molecule has 0 aliphatic heterocycles. The summed E-state index contributed by atoms with van der Waals surface area (Å²) < 4.78 is 39.7. The predicted molar refractivity (Wildman–Crippen MR) is 64.5 cm³/mol. The smallest absolute Gasteiger partial charge is 0.194 e. The molecule has 0 spiro atoms. The molecule has 5 heteroatoms. The number of hydrogen-bond acceptors (Lipinski definition) is 1. The van der Waals surface area contributed by atoms with E-state index >= 15 is 0 Å². The summed E-state index contributed by atoms with van der Waals surface area (Å²) in [6, 6.07) is 8.15. The second kappa shape index (κ2) is 5.12. The van der Waals surface area contributed by atoms with Gasteiger partial charge in [-0.25, -0.2) is 13.2 Å². The number of aliphatic hydroxyl groups is 1. The van der Waals surface area contributed by atoms with Gasteiger partial charge in [0, 0.05) is 4.47 Å². The van der Waals surface area contributed by atoms with Crippen LogP contribution in [-0.4, -0.2) is 5.11 Å². The molecule has 0 aliphatic carbocycles. The molecular weight excluding hydrogens is 309 g/mol. The molecule has 0 saturated heterocycles. The van der Waals surface area contributed by atoms with Crippen LogP contribution < -0.4 is 0 Å². The van der Waals surface area contributed by atoms with Gasteiger partial charge in [0.1, 0.15) is 6.10 Å². The van der Waals surface area contributed by atoms with E-state index in [0.717, 1.165) is 16.6 Å². The number of benzene rings is 2. The van der Waals surface area contributed by atoms with Crippen molar-refractivity contribution in [2.75, 3.05) is 0 Å². The highest BCUT2D eigenvalue weighted by atomic mass is 79.9. The van der Waals surface area contributed by atoms with E-state index in [4.69, 9.17) is 0 Å². The molecule has 2 rings (SSSR count). The van der Waals surface area contributed by atoms with Gasteiger partial charge < -0.3 is 5.11 Å². The van der Waals surface area contributed by atoms with Gasteiger partial charge in [-0.1, -0.05) is 28.1 Å². The van der Waals surface area contributed by atoms with Gasteiger partial charge >= 0.3 is 0 Å². The Morgan fingerprint density at radius 3 is 1.89 bits per heavy atom. The predicted octanol–water partition coefficient (Wildman–Crippen LogP) is 3.95. The van der Waals surface area contributed by atoms with E-state index in [9.17, 15) is 18.3 Å². The van der Waals surface area contributed by atoms with Gasteiger partial charge in [0.25, 0.3) is 0 Å². The minimum atomic E-state index is -1.54. The van der Waals surface area contributed by atoms with Crippen LogP contribution in [0.4, 0.5) is 13.2 Å². The maximum atomic E-state index is 13.0. The van der Waals surface area contributed by atoms with E-state index < -0.39 is 23.6 Å². The molecule has 0 bridgehead atoms. The minimum absolute atomic E-state index is 0.0336. The van der Waals surface area contributed by atoms with Crippen molar-refractivity contribution in [2.24, 2.45) is 0 Å². The molecule has 1 atom stereocenters. The first kappa shape index (κ1) is 13.1. The molecule has 1 N–H and O–H groups in total. The van der Waals surface area contributed by atoms with Crippen molar-refractivity contribution in [1.29, 1.82) is 0 Å². The van der Waals surface area contributed by atoms with Crippen LogP contribution in [0.1, 0.15) is 17.2 Å². The van der Waals surface area contributed by atoms with Gasteiger partial charge in [0.05, 0.1) is 0 Å². The Hall–Kier alpha value is -1.33. The van der Waals surface area contributed by atoms with Crippen LogP contribution in [0.25, 0.3) is 0 Å². The minimum Gasteiger partial charge on any atom is -0.384 e. The molecule has 0 fully saturated rings. The lowest BCUT2D eigenvalue weighted by Gasteiger charge is -2.12. The molecule has 2 aromatic carbocycles. The van der Waals surface area contributed by atoms with Crippen molar-refractivity contribution >= 4 is 15.9 Å². The fraction of sp³-hybridized carbons (Fsp3) is 0.0769. The van der Waals surface area contributed by atoms with Gasteiger partial charge in [0.2, 0.25) is 0 Å². The lowest BCUT2D eigenvalue weighted by molar-refractivity contribution is 0.218. The van der Waals surface area contributed by atoms with Crippen LogP contribution in [0.3, 0.4) is 0 Å². The van der Waals surface area contributed by atoms with Crippen LogP contribution in [0.15, 0.2) is 40.9 Å². The van der Waals surface area contributed by atoms with Crippen molar-refractivity contribution in [2.45, 2.75) is 6.10 Å². The van der Waals surface area contributed by atoms with Gasteiger partial charge in [0.15, 0.2) is 17.5 Å². The summed E-state index contributed by atoms with van der Waals surface area (Å²) >= 11 is 3.23. The number of aliphatic hydroxyl groups excluding tert-OH is 1. The monoisotopic (exact) mass is 316 g/mol. The topological polar surface area (TPSA) is 20.2 Å². The lowest BCUT2D eigenvalue weighted by Crippen LogP contribution is -2.03. The lowest BCUT2D eigenvalue weighted by atomic mass is 10.0. The summed E-state index contributed by atoms with van der Waals surface area (Å²) in [5.74, 6) is -4.18. The van der Waals surface area contributed by atoms with E-state index in [2.05, 4.69) is 15.9 Å². The fourth-order valence-corrected chi connectivity index (χ4v) is 1.83. The molecule has 0 amide bonds.